The van der Waals surface area contributed by atoms with E-state index in [4.69, 9.17) is 9.47 Å². The van der Waals surface area contributed by atoms with Gasteiger partial charge in [-0.25, -0.2) is 9.78 Å². The molecule has 1 aromatic heterocycles. The van der Waals surface area contributed by atoms with Gasteiger partial charge in [0, 0.05) is 36.9 Å². The van der Waals surface area contributed by atoms with Gasteiger partial charge in [0.15, 0.2) is 0 Å². The molecule has 218 valence electrons. The highest BCUT2D eigenvalue weighted by Crippen LogP contribution is 2.49. The lowest BCUT2D eigenvalue weighted by Crippen LogP contribution is -2.51. The van der Waals surface area contributed by atoms with Crippen LogP contribution >= 0.6 is 0 Å². The van der Waals surface area contributed by atoms with Gasteiger partial charge in [0.25, 0.3) is 5.91 Å². The molecule has 4 unspecified atom stereocenters. The van der Waals surface area contributed by atoms with Crippen LogP contribution < -0.4 is 10.1 Å². The number of carbonyl (C=O) groups excluding carboxylic acids is 1. The summed E-state index contributed by atoms with van der Waals surface area (Å²) < 4.78 is 51.5. The summed E-state index contributed by atoms with van der Waals surface area (Å²) in [5.74, 6) is -2.11. The van der Waals surface area contributed by atoms with E-state index >= 15 is 0 Å². The highest BCUT2D eigenvalue weighted by atomic mass is 19.4. The second kappa shape index (κ2) is 11.7. The number of aliphatic carboxylic acids is 1. The first-order valence-corrected chi connectivity index (χ1v) is 13.4. The van der Waals surface area contributed by atoms with E-state index in [2.05, 4.69) is 10.3 Å². The number of benzene rings is 1. The van der Waals surface area contributed by atoms with E-state index in [9.17, 15) is 27.9 Å². The minimum Gasteiger partial charge on any atom is -0.481 e. The topological polar surface area (TPSA) is 101 Å². The molecule has 4 rings (SSSR count). The number of likely N-dealkylation sites (tertiary alicyclic amines) is 1. The number of hydrogen-bond acceptors (Lipinski definition) is 6. The number of carboxylic acids is 1. The van der Waals surface area contributed by atoms with Crippen LogP contribution in [0.3, 0.4) is 0 Å². The summed E-state index contributed by atoms with van der Waals surface area (Å²) in [6.45, 7) is 6.05. The highest BCUT2D eigenvalue weighted by molar-refractivity contribution is 5.88. The minimum absolute atomic E-state index is 0.0281. The first kappa shape index (κ1) is 29.8. The fourth-order valence-electron chi connectivity index (χ4n) is 6.02. The van der Waals surface area contributed by atoms with Gasteiger partial charge in [0.1, 0.15) is 12.1 Å². The predicted octanol–water partition coefficient (Wildman–Crippen LogP) is 4.84. The van der Waals surface area contributed by atoms with Crippen molar-refractivity contribution in [3.05, 3.63) is 59.3 Å². The van der Waals surface area contributed by atoms with Crippen molar-refractivity contribution in [2.45, 2.75) is 77.0 Å². The summed E-state index contributed by atoms with van der Waals surface area (Å²) >= 11 is 0. The standard InChI is InChI=1S/C29H36F3N3O5/c1-28(2,3)21-22(33-15-18-14-19(29(30,31)32)16-34-25(18)39-4)23(17-10-6-5-7-11-17)35(24(21)27(37)38)26(36)20-12-8-9-13-40-20/h5-7,10-11,14,16,20-24,33H,8-9,12-13,15H2,1-4H3,(H,37,38)/t20-,21?,22?,23?,24?/m0/s1. The van der Waals surface area contributed by atoms with Gasteiger partial charge in [-0.2, -0.15) is 13.2 Å². The Morgan fingerprint density at radius 2 is 1.88 bits per heavy atom. The molecule has 40 heavy (non-hydrogen) atoms. The smallest absolute Gasteiger partial charge is 0.417 e. The molecule has 3 heterocycles. The highest BCUT2D eigenvalue weighted by Gasteiger charge is 2.58. The molecular weight excluding hydrogens is 527 g/mol. The third-order valence-electron chi connectivity index (χ3n) is 7.74. The maximum Gasteiger partial charge on any atom is 0.417 e. The number of nitrogens with one attached hydrogen (secondary N) is 1. The van der Waals surface area contributed by atoms with Crippen LogP contribution in [-0.4, -0.2) is 58.8 Å². The molecule has 5 atom stereocenters. The summed E-state index contributed by atoms with van der Waals surface area (Å²) in [7, 11) is 1.32. The van der Waals surface area contributed by atoms with Gasteiger partial charge in [0.2, 0.25) is 5.88 Å². The number of nitrogens with zero attached hydrogens (tertiary/aromatic N) is 2. The van der Waals surface area contributed by atoms with Crippen LogP contribution in [0.5, 0.6) is 5.88 Å². The van der Waals surface area contributed by atoms with E-state index in [0.29, 0.717) is 19.2 Å². The normalized spacial score (nSPS) is 25.6. The van der Waals surface area contributed by atoms with Crippen molar-refractivity contribution in [3.8, 4) is 5.88 Å². The third-order valence-corrected chi connectivity index (χ3v) is 7.74. The Balaban J connectivity index is 1.81. The third kappa shape index (κ3) is 6.10. The zero-order valence-electron chi connectivity index (χ0n) is 23.1. The number of pyridine rings is 1. The lowest BCUT2D eigenvalue weighted by atomic mass is 9.72. The van der Waals surface area contributed by atoms with Crippen LogP contribution in [0.2, 0.25) is 0 Å². The molecule has 0 radical (unpaired) electrons. The molecule has 0 bridgehead atoms. The van der Waals surface area contributed by atoms with Crippen LogP contribution in [-0.2, 0) is 27.0 Å². The molecule has 2 fully saturated rings. The summed E-state index contributed by atoms with van der Waals surface area (Å²) in [6.07, 6.45) is -2.52. The number of alkyl halides is 3. The van der Waals surface area contributed by atoms with Crippen molar-refractivity contribution in [1.82, 2.24) is 15.2 Å². The average molecular weight is 564 g/mol. The number of aromatic nitrogens is 1. The molecule has 8 nitrogen and oxygen atoms in total. The molecule has 1 aromatic carbocycles. The van der Waals surface area contributed by atoms with Crippen LogP contribution in [0.15, 0.2) is 42.6 Å². The average Bonchev–Trinajstić information content (AvgIpc) is 3.28. The Morgan fingerprint density at radius 1 is 1.18 bits per heavy atom. The number of carboxylic acid groups (broad SMARTS) is 1. The van der Waals surface area contributed by atoms with Crippen LogP contribution in [0.4, 0.5) is 13.2 Å². The maximum atomic E-state index is 14.0. The van der Waals surface area contributed by atoms with Gasteiger partial charge >= 0.3 is 12.1 Å². The number of amides is 1. The van der Waals surface area contributed by atoms with E-state index in [0.717, 1.165) is 24.5 Å². The van der Waals surface area contributed by atoms with Crippen molar-refractivity contribution in [1.29, 1.82) is 0 Å². The Kier molecular flexibility index (Phi) is 8.75. The van der Waals surface area contributed by atoms with Gasteiger partial charge in [-0.05, 0) is 36.3 Å². The molecule has 2 N–H and O–H groups in total. The van der Waals surface area contributed by atoms with Gasteiger partial charge in [-0.15, -0.1) is 0 Å². The van der Waals surface area contributed by atoms with E-state index in [-0.39, 0.29) is 18.0 Å². The first-order chi connectivity index (χ1) is 18.8. The number of hydrogen-bond donors (Lipinski definition) is 2. The number of halogens is 3. The minimum atomic E-state index is -4.60. The zero-order valence-corrected chi connectivity index (χ0v) is 23.1. The monoisotopic (exact) mass is 563 g/mol. The van der Waals surface area contributed by atoms with Gasteiger partial charge in [-0.3, -0.25) is 4.79 Å². The van der Waals surface area contributed by atoms with Crippen molar-refractivity contribution >= 4 is 11.9 Å². The van der Waals surface area contributed by atoms with Gasteiger partial charge < -0.3 is 24.8 Å². The number of ether oxygens (including phenoxy) is 2. The van der Waals surface area contributed by atoms with Crippen LogP contribution in [0.1, 0.15) is 62.8 Å². The van der Waals surface area contributed by atoms with E-state index in [1.54, 1.807) is 0 Å². The SMILES string of the molecule is COc1ncc(C(F)(F)F)cc1CNC1C(c2ccccc2)N(C(=O)[C@@H]2CCCCO2)C(C(=O)O)C1C(C)(C)C. The van der Waals surface area contributed by atoms with Crippen molar-refractivity contribution in [2.24, 2.45) is 11.3 Å². The molecular formula is C29H36F3N3O5. The van der Waals surface area contributed by atoms with Crippen molar-refractivity contribution < 1.29 is 37.3 Å². The number of methoxy groups -OCH3 is 1. The predicted molar refractivity (Wildman–Crippen MR) is 140 cm³/mol. The Bertz CT molecular complexity index is 1200. The van der Waals surface area contributed by atoms with Crippen molar-refractivity contribution in [2.75, 3.05) is 13.7 Å². The number of rotatable bonds is 7. The summed E-state index contributed by atoms with van der Waals surface area (Å²) in [5.41, 5.74) is -0.634. The van der Waals surface area contributed by atoms with Crippen LogP contribution in [0.25, 0.3) is 0 Å². The largest absolute Gasteiger partial charge is 0.481 e. The first-order valence-electron chi connectivity index (χ1n) is 13.4. The fraction of sp³-hybridized carbons (Fsp3) is 0.552. The Labute approximate surface area is 231 Å². The molecule has 0 spiro atoms. The molecule has 0 aliphatic carbocycles. The molecule has 2 aromatic rings. The summed E-state index contributed by atoms with van der Waals surface area (Å²) in [5, 5.41) is 13.9. The molecule has 2 aliphatic rings. The summed E-state index contributed by atoms with van der Waals surface area (Å²) in [4.78, 5) is 32.2. The van der Waals surface area contributed by atoms with E-state index in [1.807, 2.05) is 51.1 Å². The molecule has 0 saturated carbocycles. The number of carbonyl (C=O) groups is 2. The Morgan fingerprint density at radius 3 is 2.42 bits per heavy atom. The summed E-state index contributed by atoms with van der Waals surface area (Å²) in [6, 6.07) is 7.55. The zero-order chi connectivity index (χ0) is 29.2. The molecule has 2 aliphatic heterocycles. The second-order valence-electron chi connectivity index (χ2n) is 11.4. The Hall–Kier alpha value is -3.18. The van der Waals surface area contributed by atoms with E-state index < -0.39 is 59.2 Å². The quantitative estimate of drug-likeness (QED) is 0.498. The lowest BCUT2D eigenvalue weighted by molar-refractivity contribution is -0.159. The van der Waals surface area contributed by atoms with Crippen LogP contribution in [0, 0.1) is 11.3 Å². The fourth-order valence-corrected chi connectivity index (χ4v) is 6.02. The van der Waals surface area contributed by atoms with Gasteiger partial charge in [-0.1, -0.05) is 51.1 Å². The van der Waals surface area contributed by atoms with Gasteiger partial charge in [0.05, 0.1) is 18.7 Å². The molecule has 2 saturated heterocycles. The lowest BCUT2D eigenvalue weighted by Gasteiger charge is -2.36. The van der Waals surface area contributed by atoms with E-state index in [1.165, 1.54) is 12.0 Å². The second-order valence-corrected chi connectivity index (χ2v) is 11.4. The molecule has 1 amide bonds. The van der Waals surface area contributed by atoms with Crippen molar-refractivity contribution in [3.63, 3.8) is 0 Å². The molecule has 11 heteroatoms. The maximum absolute atomic E-state index is 14.0.